The van der Waals surface area contributed by atoms with E-state index in [2.05, 4.69) is 13.8 Å². The second-order valence-corrected chi connectivity index (χ2v) is 5.94. The van der Waals surface area contributed by atoms with Gasteiger partial charge in [-0.3, -0.25) is 4.79 Å². The lowest BCUT2D eigenvalue weighted by atomic mass is 9.99. The fraction of sp³-hybridized carbons (Fsp3) is 0.316. The quantitative estimate of drug-likeness (QED) is 0.659. The number of rotatable bonds is 5. The van der Waals surface area contributed by atoms with Gasteiger partial charge in [0.15, 0.2) is 6.10 Å². The standard InChI is InChI=1S/C19H23NO2/c1-12(2)15-6-8-16(9-7-15)19(21)14(4)22-18-10-5-13(3)11-17(18)20/h5-12,14H,20H2,1-4H3. The van der Waals surface area contributed by atoms with Gasteiger partial charge in [0.2, 0.25) is 5.78 Å². The molecular formula is C19H23NO2. The van der Waals surface area contributed by atoms with Gasteiger partial charge < -0.3 is 10.5 Å². The molecule has 0 heterocycles. The van der Waals surface area contributed by atoms with E-state index in [9.17, 15) is 4.79 Å². The molecule has 0 aliphatic heterocycles. The van der Waals surface area contributed by atoms with E-state index in [1.165, 1.54) is 5.56 Å². The summed E-state index contributed by atoms with van der Waals surface area (Å²) < 4.78 is 5.72. The summed E-state index contributed by atoms with van der Waals surface area (Å²) in [7, 11) is 0. The minimum atomic E-state index is -0.574. The molecule has 1 unspecified atom stereocenters. The maximum absolute atomic E-state index is 12.4. The van der Waals surface area contributed by atoms with Crippen molar-refractivity contribution in [3.63, 3.8) is 0 Å². The third kappa shape index (κ3) is 3.67. The van der Waals surface area contributed by atoms with Gasteiger partial charge in [-0.2, -0.15) is 0 Å². The molecule has 0 saturated carbocycles. The molecule has 0 aliphatic carbocycles. The van der Waals surface area contributed by atoms with Crippen LogP contribution in [-0.2, 0) is 0 Å². The molecule has 3 heteroatoms. The van der Waals surface area contributed by atoms with E-state index in [0.29, 0.717) is 22.9 Å². The summed E-state index contributed by atoms with van der Waals surface area (Å²) in [4.78, 5) is 12.4. The maximum atomic E-state index is 12.4. The van der Waals surface area contributed by atoms with Gasteiger partial charge in [-0.05, 0) is 43.0 Å². The third-order valence-corrected chi connectivity index (χ3v) is 3.70. The Labute approximate surface area is 132 Å². The summed E-state index contributed by atoms with van der Waals surface area (Å²) in [5, 5.41) is 0. The average molecular weight is 297 g/mol. The van der Waals surface area contributed by atoms with Crippen molar-refractivity contribution >= 4 is 11.5 Å². The van der Waals surface area contributed by atoms with E-state index in [1.807, 2.05) is 43.3 Å². The van der Waals surface area contributed by atoms with Crippen LogP contribution in [0.3, 0.4) is 0 Å². The highest BCUT2D eigenvalue weighted by molar-refractivity contribution is 5.99. The SMILES string of the molecule is Cc1ccc(OC(C)C(=O)c2ccc(C(C)C)cc2)c(N)c1. The van der Waals surface area contributed by atoms with Crippen molar-refractivity contribution in [2.24, 2.45) is 0 Å². The van der Waals surface area contributed by atoms with E-state index < -0.39 is 6.10 Å². The molecule has 2 aromatic rings. The molecule has 0 aliphatic rings. The van der Waals surface area contributed by atoms with E-state index in [-0.39, 0.29) is 5.78 Å². The molecule has 0 saturated heterocycles. The van der Waals surface area contributed by atoms with E-state index in [4.69, 9.17) is 10.5 Å². The monoisotopic (exact) mass is 297 g/mol. The Morgan fingerprint density at radius 3 is 2.23 bits per heavy atom. The Balaban J connectivity index is 2.11. The zero-order valence-electron chi connectivity index (χ0n) is 13.6. The first-order valence-electron chi connectivity index (χ1n) is 7.55. The molecule has 2 aromatic carbocycles. The maximum Gasteiger partial charge on any atom is 0.202 e. The summed E-state index contributed by atoms with van der Waals surface area (Å²) in [5.41, 5.74) is 9.41. The summed E-state index contributed by atoms with van der Waals surface area (Å²) in [5.74, 6) is 0.950. The Bertz CT molecular complexity index is 660. The van der Waals surface area contributed by atoms with Crippen molar-refractivity contribution in [3.8, 4) is 5.75 Å². The Morgan fingerprint density at radius 2 is 1.68 bits per heavy atom. The van der Waals surface area contributed by atoms with E-state index >= 15 is 0 Å². The second-order valence-electron chi connectivity index (χ2n) is 5.94. The Morgan fingerprint density at radius 1 is 1.05 bits per heavy atom. The predicted molar refractivity (Wildman–Crippen MR) is 90.5 cm³/mol. The molecule has 0 radical (unpaired) electrons. The smallest absolute Gasteiger partial charge is 0.202 e. The number of hydrogen-bond donors (Lipinski definition) is 1. The number of nitrogens with two attached hydrogens (primary N) is 1. The Hall–Kier alpha value is -2.29. The van der Waals surface area contributed by atoms with Crippen LogP contribution >= 0.6 is 0 Å². The molecule has 116 valence electrons. The highest BCUT2D eigenvalue weighted by Crippen LogP contribution is 2.24. The van der Waals surface area contributed by atoms with Gasteiger partial charge in [-0.1, -0.05) is 44.2 Å². The third-order valence-electron chi connectivity index (χ3n) is 3.70. The highest BCUT2D eigenvalue weighted by Gasteiger charge is 2.18. The van der Waals surface area contributed by atoms with Crippen molar-refractivity contribution in [3.05, 3.63) is 59.2 Å². The van der Waals surface area contributed by atoms with Gasteiger partial charge in [0.25, 0.3) is 0 Å². The molecule has 2 rings (SSSR count). The van der Waals surface area contributed by atoms with Crippen LogP contribution in [0.5, 0.6) is 5.75 Å². The van der Waals surface area contributed by atoms with Crippen molar-refractivity contribution in [1.29, 1.82) is 0 Å². The molecule has 0 spiro atoms. The number of nitrogen functional groups attached to an aromatic ring is 1. The molecule has 2 N–H and O–H groups in total. The van der Waals surface area contributed by atoms with E-state index in [1.54, 1.807) is 13.0 Å². The number of ether oxygens (including phenoxy) is 1. The normalized spacial score (nSPS) is 12.2. The van der Waals surface area contributed by atoms with Gasteiger partial charge in [-0.25, -0.2) is 0 Å². The first kappa shape index (κ1) is 16.1. The van der Waals surface area contributed by atoms with Gasteiger partial charge in [-0.15, -0.1) is 0 Å². The van der Waals surface area contributed by atoms with Crippen LogP contribution in [0.2, 0.25) is 0 Å². The minimum Gasteiger partial charge on any atom is -0.480 e. The van der Waals surface area contributed by atoms with Crippen LogP contribution < -0.4 is 10.5 Å². The van der Waals surface area contributed by atoms with Gasteiger partial charge in [0.05, 0.1) is 5.69 Å². The van der Waals surface area contributed by atoms with Crippen molar-refractivity contribution < 1.29 is 9.53 Å². The van der Waals surface area contributed by atoms with Crippen LogP contribution in [0.25, 0.3) is 0 Å². The average Bonchev–Trinajstić information content (AvgIpc) is 2.49. The lowest BCUT2D eigenvalue weighted by molar-refractivity contribution is 0.0819. The van der Waals surface area contributed by atoms with Crippen LogP contribution in [0.15, 0.2) is 42.5 Å². The molecule has 22 heavy (non-hydrogen) atoms. The number of hydrogen-bond acceptors (Lipinski definition) is 3. The van der Waals surface area contributed by atoms with Crippen LogP contribution in [0.4, 0.5) is 5.69 Å². The minimum absolute atomic E-state index is 0.0460. The van der Waals surface area contributed by atoms with Crippen LogP contribution in [0, 0.1) is 6.92 Å². The van der Waals surface area contributed by atoms with E-state index in [0.717, 1.165) is 5.56 Å². The van der Waals surface area contributed by atoms with Crippen molar-refractivity contribution in [2.45, 2.75) is 39.7 Å². The number of ketones is 1. The molecular weight excluding hydrogens is 274 g/mol. The van der Waals surface area contributed by atoms with Crippen molar-refractivity contribution in [1.82, 2.24) is 0 Å². The lowest BCUT2D eigenvalue weighted by Gasteiger charge is -2.16. The van der Waals surface area contributed by atoms with Gasteiger partial charge in [0, 0.05) is 5.56 Å². The first-order valence-corrected chi connectivity index (χ1v) is 7.55. The summed E-state index contributed by atoms with van der Waals surface area (Å²) in [6, 6.07) is 13.3. The van der Waals surface area contributed by atoms with Gasteiger partial charge in [0.1, 0.15) is 5.75 Å². The number of carbonyl (C=O) groups excluding carboxylic acids is 1. The number of benzene rings is 2. The zero-order chi connectivity index (χ0) is 16.3. The fourth-order valence-electron chi connectivity index (χ4n) is 2.29. The summed E-state index contributed by atoms with van der Waals surface area (Å²) in [6.07, 6.45) is -0.574. The zero-order valence-corrected chi connectivity index (χ0v) is 13.6. The number of anilines is 1. The number of carbonyl (C=O) groups is 1. The summed E-state index contributed by atoms with van der Waals surface area (Å²) >= 11 is 0. The van der Waals surface area contributed by atoms with Crippen LogP contribution in [-0.4, -0.2) is 11.9 Å². The largest absolute Gasteiger partial charge is 0.480 e. The topological polar surface area (TPSA) is 52.3 Å². The second kappa shape index (κ2) is 6.65. The molecule has 0 fully saturated rings. The van der Waals surface area contributed by atoms with Crippen LogP contribution in [0.1, 0.15) is 48.2 Å². The predicted octanol–water partition coefficient (Wildman–Crippen LogP) is 4.35. The molecule has 3 nitrogen and oxygen atoms in total. The highest BCUT2D eigenvalue weighted by atomic mass is 16.5. The van der Waals surface area contributed by atoms with Crippen molar-refractivity contribution in [2.75, 3.05) is 5.73 Å². The fourth-order valence-corrected chi connectivity index (χ4v) is 2.29. The number of Topliss-reactive ketones (excluding diaryl/α,β-unsaturated/α-hetero) is 1. The lowest BCUT2D eigenvalue weighted by Crippen LogP contribution is -2.24. The Kier molecular flexibility index (Phi) is 4.86. The molecule has 0 bridgehead atoms. The number of aryl methyl sites for hydroxylation is 1. The molecule has 0 aromatic heterocycles. The summed E-state index contributed by atoms with van der Waals surface area (Å²) in [6.45, 7) is 7.97. The van der Waals surface area contributed by atoms with Gasteiger partial charge >= 0.3 is 0 Å². The molecule has 1 atom stereocenters. The molecule has 0 amide bonds. The first-order chi connectivity index (χ1) is 10.4.